The summed E-state index contributed by atoms with van der Waals surface area (Å²) < 4.78 is 24.0. The Hall–Kier alpha value is -3.59. The first kappa shape index (κ1) is 22.2. The second-order valence-electron chi connectivity index (χ2n) is 8.54. The van der Waals surface area contributed by atoms with E-state index in [0.717, 1.165) is 10.3 Å². The number of halogens is 2. The van der Waals surface area contributed by atoms with E-state index in [-0.39, 0.29) is 28.7 Å². The van der Waals surface area contributed by atoms with Crippen LogP contribution in [-0.4, -0.2) is 32.3 Å². The molecule has 2 aromatic heterocycles. The van der Waals surface area contributed by atoms with Crippen molar-refractivity contribution in [2.45, 2.75) is 20.0 Å². The van der Waals surface area contributed by atoms with Crippen LogP contribution in [0.2, 0.25) is 5.02 Å². The molecule has 1 atom stereocenters. The van der Waals surface area contributed by atoms with E-state index in [1.165, 1.54) is 22.8 Å². The Morgan fingerprint density at radius 3 is 2.68 bits per heavy atom. The van der Waals surface area contributed by atoms with Gasteiger partial charge in [0.05, 0.1) is 13.7 Å². The molecule has 1 aliphatic heterocycles. The monoisotopic (exact) mass is 483 g/mol. The molecule has 0 unspecified atom stereocenters. The van der Waals surface area contributed by atoms with Crippen LogP contribution in [0, 0.1) is 11.7 Å². The van der Waals surface area contributed by atoms with Gasteiger partial charge >= 0.3 is 5.69 Å². The van der Waals surface area contributed by atoms with Gasteiger partial charge in [-0.2, -0.15) is 4.98 Å². The summed E-state index contributed by atoms with van der Waals surface area (Å²) >= 11 is 6.17. The number of imidazole rings is 1. The van der Waals surface area contributed by atoms with E-state index < -0.39 is 17.1 Å². The lowest BCUT2D eigenvalue weighted by Crippen LogP contribution is -2.40. The average molecular weight is 484 g/mol. The molecule has 0 fully saturated rings. The Kier molecular flexibility index (Phi) is 5.44. The third kappa shape index (κ3) is 3.47. The van der Waals surface area contributed by atoms with Crippen molar-refractivity contribution in [3.63, 3.8) is 0 Å². The third-order valence-electron chi connectivity index (χ3n) is 6.19. The lowest BCUT2D eigenvalue weighted by molar-refractivity contribution is 0.414. The third-order valence-corrected chi connectivity index (χ3v) is 6.54. The molecule has 8 nitrogen and oxygen atoms in total. The van der Waals surface area contributed by atoms with Gasteiger partial charge in [-0.1, -0.05) is 30.7 Å². The Bertz CT molecular complexity index is 1520. The van der Waals surface area contributed by atoms with Gasteiger partial charge in [0.2, 0.25) is 5.95 Å². The molecule has 0 saturated carbocycles. The van der Waals surface area contributed by atoms with Crippen LogP contribution in [0.15, 0.2) is 52.1 Å². The van der Waals surface area contributed by atoms with Gasteiger partial charge in [-0.3, -0.25) is 13.9 Å². The smallest absolute Gasteiger partial charge is 0.332 e. The molecule has 0 N–H and O–H groups in total. The van der Waals surface area contributed by atoms with Crippen LogP contribution in [-0.2, 0) is 20.1 Å². The molecule has 2 aromatic carbocycles. The van der Waals surface area contributed by atoms with E-state index in [9.17, 15) is 14.0 Å². The van der Waals surface area contributed by atoms with Crippen LogP contribution in [0.1, 0.15) is 12.5 Å². The lowest BCUT2D eigenvalue weighted by Gasteiger charge is -2.33. The number of fused-ring (bicyclic) bond motifs is 3. The summed E-state index contributed by atoms with van der Waals surface area (Å²) in [6, 6.07) is 11.9. The molecule has 0 radical (unpaired) electrons. The standard InChI is InChI=1S/C24H23ClFN5O3/c1-14-11-29(15-6-4-7-16(10-15)34-3)23-27-21-20(30(23)12-14)22(32)31(24(33)28(21)2)13-17-18(25)8-5-9-19(17)26/h4-10,14H,11-13H2,1-3H3/t14-/m1/s1. The van der Waals surface area contributed by atoms with E-state index in [0.29, 0.717) is 30.3 Å². The van der Waals surface area contributed by atoms with Crippen LogP contribution < -0.4 is 20.9 Å². The first-order valence-corrected chi connectivity index (χ1v) is 11.2. The molecule has 0 spiro atoms. The molecule has 176 valence electrons. The zero-order valence-electron chi connectivity index (χ0n) is 19.0. The Morgan fingerprint density at radius 1 is 1.18 bits per heavy atom. The van der Waals surface area contributed by atoms with Gasteiger partial charge in [-0.05, 0) is 30.2 Å². The molecule has 0 amide bonds. The maximum absolute atomic E-state index is 14.4. The summed E-state index contributed by atoms with van der Waals surface area (Å²) in [5.74, 6) is 0.891. The van der Waals surface area contributed by atoms with Crippen molar-refractivity contribution >= 4 is 34.4 Å². The minimum Gasteiger partial charge on any atom is -0.497 e. The number of hydrogen-bond donors (Lipinski definition) is 0. The highest BCUT2D eigenvalue weighted by atomic mass is 35.5. The molecule has 0 aliphatic carbocycles. The van der Waals surface area contributed by atoms with E-state index in [2.05, 4.69) is 6.92 Å². The molecular formula is C24H23ClFN5O3. The highest BCUT2D eigenvalue weighted by Crippen LogP contribution is 2.34. The van der Waals surface area contributed by atoms with Crippen molar-refractivity contribution in [2.75, 3.05) is 18.6 Å². The number of hydrogen-bond acceptors (Lipinski definition) is 5. The predicted octanol–water partition coefficient (Wildman–Crippen LogP) is 3.53. The summed E-state index contributed by atoms with van der Waals surface area (Å²) in [6.07, 6.45) is 0. The van der Waals surface area contributed by atoms with Gasteiger partial charge in [-0.15, -0.1) is 0 Å². The number of benzene rings is 2. The van der Waals surface area contributed by atoms with E-state index in [1.807, 2.05) is 33.7 Å². The number of methoxy groups -OCH3 is 1. The summed E-state index contributed by atoms with van der Waals surface area (Å²) in [5.41, 5.74) is 0.411. The highest BCUT2D eigenvalue weighted by molar-refractivity contribution is 6.31. The van der Waals surface area contributed by atoms with Crippen molar-refractivity contribution in [3.8, 4) is 5.75 Å². The molecule has 0 bridgehead atoms. The quantitative estimate of drug-likeness (QED) is 0.444. The number of ether oxygens (including phenoxy) is 1. The van der Waals surface area contributed by atoms with Gasteiger partial charge in [-0.25, -0.2) is 9.18 Å². The fourth-order valence-electron chi connectivity index (χ4n) is 4.48. The van der Waals surface area contributed by atoms with Crippen molar-refractivity contribution < 1.29 is 9.13 Å². The fraction of sp³-hybridized carbons (Fsp3) is 0.292. The lowest BCUT2D eigenvalue weighted by atomic mass is 10.1. The second-order valence-corrected chi connectivity index (χ2v) is 8.95. The van der Waals surface area contributed by atoms with Crippen molar-refractivity contribution in [1.82, 2.24) is 18.7 Å². The van der Waals surface area contributed by atoms with Crippen LogP contribution in [0.3, 0.4) is 0 Å². The SMILES string of the molecule is COc1cccc(N2C[C@@H](C)Cn3c2nc2c3c(=O)n(Cc3c(F)cccc3Cl)c(=O)n2C)c1. The van der Waals surface area contributed by atoms with Crippen molar-refractivity contribution in [1.29, 1.82) is 0 Å². The van der Waals surface area contributed by atoms with Crippen molar-refractivity contribution in [2.24, 2.45) is 13.0 Å². The molecule has 10 heteroatoms. The first-order chi connectivity index (χ1) is 16.3. The van der Waals surface area contributed by atoms with Crippen molar-refractivity contribution in [3.05, 3.63) is 79.7 Å². The van der Waals surface area contributed by atoms with E-state index in [4.69, 9.17) is 21.3 Å². The Balaban J connectivity index is 1.73. The normalized spacial score (nSPS) is 15.6. The van der Waals surface area contributed by atoms with E-state index in [1.54, 1.807) is 14.2 Å². The molecule has 0 saturated heterocycles. The predicted molar refractivity (Wildman–Crippen MR) is 129 cm³/mol. The zero-order valence-corrected chi connectivity index (χ0v) is 19.7. The molecule has 34 heavy (non-hydrogen) atoms. The number of aryl methyl sites for hydroxylation is 1. The van der Waals surface area contributed by atoms with Gasteiger partial charge < -0.3 is 14.2 Å². The number of nitrogens with zero attached hydrogens (tertiary/aromatic N) is 5. The van der Waals surface area contributed by atoms with E-state index >= 15 is 0 Å². The molecule has 1 aliphatic rings. The second kappa shape index (κ2) is 8.32. The largest absolute Gasteiger partial charge is 0.497 e. The highest BCUT2D eigenvalue weighted by Gasteiger charge is 2.30. The summed E-state index contributed by atoms with van der Waals surface area (Å²) in [6.45, 7) is 3.05. The fourth-order valence-corrected chi connectivity index (χ4v) is 4.70. The number of aromatic nitrogens is 4. The molecular weight excluding hydrogens is 461 g/mol. The summed E-state index contributed by atoms with van der Waals surface area (Å²) in [7, 11) is 3.16. The topological polar surface area (TPSA) is 74.3 Å². The minimum absolute atomic E-state index is 0.0903. The van der Waals surface area contributed by atoms with Crippen LogP contribution in [0.25, 0.3) is 11.2 Å². The van der Waals surface area contributed by atoms with Gasteiger partial charge in [0.15, 0.2) is 11.2 Å². The number of anilines is 2. The Morgan fingerprint density at radius 2 is 1.94 bits per heavy atom. The van der Waals surface area contributed by atoms with Crippen LogP contribution in [0.4, 0.5) is 16.0 Å². The Labute approximate surface area is 199 Å². The van der Waals surface area contributed by atoms with Crippen LogP contribution in [0.5, 0.6) is 5.75 Å². The van der Waals surface area contributed by atoms with Gasteiger partial charge in [0.25, 0.3) is 5.56 Å². The average Bonchev–Trinajstić information content (AvgIpc) is 3.21. The van der Waals surface area contributed by atoms with Gasteiger partial charge in [0, 0.05) is 42.5 Å². The number of rotatable bonds is 4. The maximum Gasteiger partial charge on any atom is 0.332 e. The minimum atomic E-state index is -0.590. The summed E-state index contributed by atoms with van der Waals surface area (Å²) in [4.78, 5) is 33.4. The maximum atomic E-state index is 14.4. The molecule has 5 rings (SSSR count). The summed E-state index contributed by atoms with van der Waals surface area (Å²) in [5, 5.41) is 0.155. The molecule has 3 heterocycles. The zero-order chi connectivity index (χ0) is 24.1. The molecule has 4 aromatic rings. The van der Waals surface area contributed by atoms with Gasteiger partial charge in [0.1, 0.15) is 11.6 Å². The first-order valence-electron chi connectivity index (χ1n) is 10.8. The van der Waals surface area contributed by atoms with Crippen LogP contribution >= 0.6 is 11.6 Å².